The van der Waals surface area contributed by atoms with Crippen LogP contribution in [0.2, 0.25) is 0 Å². The molecule has 0 amide bonds. The van der Waals surface area contributed by atoms with Gasteiger partial charge in [0.2, 0.25) is 5.82 Å². The highest BCUT2D eigenvalue weighted by Gasteiger charge is 2.20. The number of hydrogen-bond donors (Lipinski definition) is 2. The maximum Gasteiger partial charge on any atom is 0.337 e. The fraction of sp³-hybridized carbons (Fsp3) is 0.500. The Balaban J connectivity index is 2.09. The summed E-state index contributed by atoms with van der Waals surface area (Å²) >= 11 is 1.85. The molecule has 1 aromatic heterocycles. The average molecular weight is 297 g/mol. The zero-order valence-corrected chi connectivity index (χ0v) is 11.6. The van der Waals surface area contributed by atoms with Crippen LogP contribution in [0.15, 0.2) is 12.3 Å². The van der Waals surface area contributed by atoms with E-state index in [-0.39, 0.29) is 17.1 Å². The van der Waals surface area contributed by atoms with Crippen LogP contribution in [0, 0.1) is 10.1 Å². The molecule has 1 atom stereocenters. The summed E-state index contributed by atoms with van der Waals surface area (Å²) < 4.78 is 0. The molecule has 0 radical (unpaired) electrons. The minimum Gasteiger partial charge on any atom is -0.478 e. The molecule has 0 aliphatic carbocycles. The van der Waals surface area contributed by atoms with Crippen molar-refractivity contribution in [3.05, 3.63) is 27.9 Å². The Hall–Kier alpha value is -1.83. The molecule has 1 saturated heterocycles. The van der Waals surface area contributed by atoms with Crippen LogP contribution in [-0.4, -0.2) is 38.5 Å². The summed E-state index contributed by atoms with van der Waals surface area (Å²) in [6.07, 6.45) is 4.60. The molecule has 0 spiro atoms. The van der Waals surface area contributed by atoms with E-state index in [1.807, 2.05) is 11.8 Å². The van der Waals surface area contributed by atoms with E-state index in [0.717, 1.165) is 24.4 Å². The smallest absolute Gasteiger partial charge is 0.337 e. The Bertz CT molecular complexity index is 517. The van der Waals surface area contributed by atoms with Crippen molar-refractivity contribution in [2.75, 3.05) is 17.6 Å². The first kappa shape index (κ1) is 14.6. The second kappa shape index (κ2) is 6.56. The largest absolute Gasteiger partial charge is 0.478 e. The summed E-state index contributed by atoms with van der Waals surface area (Å²) in [7, 11) is 0. The van der Waals surface area contributed by atoms with Crippen molar-refractivity contribution >= 4 is 29.2 Å². The molecule has 1 aliphatic rings. The number of nitrogens with zero attached hydrogens (tertiary/aromatic N) is 2. The van der Waals surface area contributed by atoms with Crippen molar-refractivity contribution in [3.8, 4) is 0 Å². The van der Waals surface area contributed by atoms with Crippen LogP contribution in [0.5, 0.6) is 0 Å². The summed E-state index contributed by atoms with van der Waals surface area (Å²) in [5, 5.41) is 23.2. The van der Waals surface area contributed by atoms with Gasteiger partial charge in [0, 0.05) is 24.1 Å². The maximum atomic E-state index is 11.0. The van der Waals surface area contributed by atoms with Gasteiger partial charge in [-0.2, -0.15) is 11.8 Å². The molecule has 8 heteroatoms. The number of thioether (sulfide) groups is 1. The van der Waals surface area contributed by atoms with E-state index in [9.17, 15) is 14.9 Å². The van der Waals surface area contributed by atoms with E-state index < -0.39 is 10.9 Å². The Kier molecular flexibility index (Phi) is 4.78. The number of anilines is 1. The normalized spacial score (nSPS) is 18.5. The molecule has 2 rings (SSSR count). The number of nitrogens with one attached hydrogen (secondary N) is 1. The van der Waals surface area contributed by atoms with Crippen molar-refractivity contribution in [2.24, 2.45) is 0 Å². The van der Waals surface area contributed by atoms with E-state index in [1.54, 1.807) is 0 Å². The molecular formula is C12H15N3O4S. The van der Waals surface area contributed by atoms with Crippen LogP contribution in [-0.2, 0) is 0 Å². The van der Waals surface area contributed by atoms with E-state index in [1.165, 1.54) is 12.8 Å². The fourth-order valence-electron chi connectivity index (χ4n) is 2.02. The fourth-order valence-corrected chi connectivity index (χ4v) is 3.26. The number of hydrogen-bond acceptors (Lipinski definition) is 6. The van der Waals surface area contributed by atoms with Crippen molar-refractivity contribution in [1.82, 2.24) is 4.98 Å². The van der Waals surface area contributed by atoms with Gasteiger partial charge in [0.1, 0.15) is 0 Å². The number of pyridine rings is 1. The van der Waals surface area contributed by atoms with Gasteiger partial charge in [-0.25, -0.2) is 9.78 Å². The third kappa shape index (κ3) is 3.60. The van der Waals surface area contributed by atoms with Gasteiger partial charge in [-0.3, -0.25) is 10.1 Å². The number of nitro groups is 1. The first-order valence-corrected chi connectivity index (χ1v) is 7.36. The Labute approximate surface area is 119 Å². The van der Waals surface area contributed by atoms with Gasteiger partial charge in [-0.1, -0.05) is 6.42 Å². The van der Waals surface area contributed by atoms with Crippen LogP contribution < -0.4 is 5.32 Å². The van der Waals surface area contributed by atoms with Crippen LogP contribution in [0.4, 0.5) is 11.5 Å². The van der Waals surface area contributed by atoms with Gasteiger partial charge in [-0.05, 0) is 18.6 Å². The van der Waals surface area contributed by atoms with Gasteiger partial charge in [0.05, 0.1) is 10.5 Å². The highest BCUT2D eigenvalue weighted by molar-refractivity contribution is 7.99. The molecule has 1 aliphatic heterocycles. The second-order valence-corrected chi connectivity index (χ2v) is 5.93. The van der Waals surface area contributed by atoms with Crippen LogP contribution in [0.1, 0.15) is 29.6 Å². The van der Waals surface area contributed by atoms with Crippen molar-refractivity contribution in [3.63, 3.8) is 0 Å². The summed E-state index contributed by atoms with van der Waals surface area (Å²) in [5.74, 6) is 0.0148. The topological polar surface area (TPSA) is 105 Å². The zero-order valence-electron chi connectivity index (χ0n) is 10.7. The molecule has 0 saturated carbocycles. The monoisotopic (exact) mass is 297 g/mol. The maximum absolute atomic E-state index is 11.0. The lowest BCUT2D eigenvalue weighted by atomic mass is 10.2. The van der Waals surface area contributed by atoms with Crippen LogP contribution in [0.25, 0.3) is 0 Å². The van der Waals surface area contributed by atoms with E-state index in [4.69, 9.17) is 5.11 Å². The molecular weight excluding hydrogens is 282 g/mol. The quantitative estimate of drug-likeness (QED) is 0.635. The van der Waals surface area contributed by atoms with Crippen LogP contribution >= 0.6 is 11.8 Å². The highest BCUT2D eigenvalue weighted by atomic mass is 32.2. The number of carbonyl (C=O) groups is 1. The lowest BCUT2D eigenvalue weighted by Crippen LogP contribution is -2.21. The molecule has 20 heavy (non-hydrogen) atoms. The number of aromatic nitrogens is 1. The lowest BCUT2D eigenvalue weighted by molar-refractivity contribution is -0.384. The predicted octanol–water partition coefficient (Wildman–Crippen LogP) is 2.39. The van der Waals surface area contributed by atoms with Gasteiger partial charge in [0.15, 0.2) is 0 Å². The lowest BCUT2D eigenvalue weighted by Gasteiger charge is -2.21. The van der Waals surface area contributed by atoms with Crippen molar-refractivity contribution < 1.29 is 14.8 Å². The number of rotatable bonds is 5. The SMILES string of the molecule is O=C(O)c1cnc(NCC2CCCCS2)c([N+](=O)[O-])c1. The van der Waals surface area contributed by atoms with Crippen molar-refractivity contribution in [1.29, 1.82) is 0 Å². The zero-order chi connectivity index (χ0) is 14.5. The number of carboxylic acids is 1. The van der Waals surface area contributed by atoms with E-state index in [0.29, 0.717) is 11.8 Å². The number of aromatic carboxylic acids is 1. The van der Waals surface area contributed by atoms with Gasteiger partial charge >= 0.3 is 11.7 Å². The molecule has 1 unspecified atom stereocenters. The Morgan fingerprint density at radius 2 is 2.40 bits per heavy atom. The average Bonchev–Trinajstić information content (AvgIpc) is 2.45. The summed E-state index contributed by atoms with van der Waals surface area (Å²) in [4.78, 5) is 25.0. The van der Waals surface area contributed by atoms with Gasteiger partial charge in [-0.15, -0.1) is 0 Å². The third-order valence-electron chi connectivity index (χ3n) is 3.08. The number of carboxylic acid groups (broad SMARTS) is 1. The molecule has 7 nitrogen and oxygen atoms in total. The van der Waals surface area contributed by atoms with Crippen LogP contribution in [0.3, 0.4) is 0 Å². The third-order valence-corrected chi connectivity index (χ3v) is 4.48. The second-order valence-electron chi connectivity index (χ2n) is 4.52. The van der Waals surface area contributed by atoms with Gasteiger partial charge < -0.3 is 10.4 Å². The Morgan fingerprint density at radius 3 is 3.00 bits per heavy atom. The summed E-state index contributed by atoms with van der Waals surface area (Å²) in [6, 6.07) is 1.03. The molecule has 1 aromatic rings. The molecule has 2 heterocycles. The summed E-state index contributed by atoms with van der Waals surface area (Å²) in [6.45, 7) is 0.602. The summed E-state index contributed by atoms with van der Waals surface area (Å²) in [5.41, 5.74) is -0.486. The highest BCUT2D eigenvalue weighted by Crippen LogP contribution is 2.27. The van der Waals surface area contributed by atoms with Gasteiger partial charge in [0.25, 0.3) is 0 Å². The molecule has 0 bridgehead atoms. The molecule has 2 N–H and O–H groups in total. The first-order valence-electron chi connectivity index (χ1n) is 6.31. The minimum atomic E-state index is -1.23. The molecule has 0 aromatic carbocycles. The van der Waals surface area contributed by atoms with Crippen molar-refractivity contribution in [2.45, 2.75) is 24.5 Å². The standard InChI is InChI=1S/C12H15N3O4S/c16-12(17)8-5-10(15(18)19)11(13-6-8)14-7-9-3-1-2-4-20-9/h5-6,9H,1-4,7H2,(H,13,14)(H,16,17). The molecule has 1 fully saturated rings. The molecule has 108 valence electrons. The van der Waals surface area contributed by atoms with E-state index in [2.05, 4.69) is 10.3 Å². The predicted molar refractivity (Wildman–Crippen MR) is 76.4 cm³/mol. The Morgan fingerprint density at radius 1 is 1.60 bits per heavy atom. The van der Waals surface area contributed by atoms with E-state index >= 15 is 0 Å². The minimum absolute atomic E-state index is 0.131. The first-order chi connectivity index (χ1) is 9.58.